The summed E-state index contributed by atoms with van der Waals surface area (Å²) >= 11 is 0. The van der Waals surface area contributed by atoms with Crippen LogP contribution in [0.4, 0.5) is 0 Å². The highest BCUT2D eigenvalue weighted by molar-refractivity contribution is 4.96. The molecule has 1 atom stereocenters. The van der Waals surface area contributed by atoms with Crippen molar-refractivity contribution in [1.29, 1.82) is 0 Å². The fourth-order valence-corrected chi connectivity index (χ4v) is 1.88. The van der Waals surface area contributed by atoms with E-state index >= 15 is 0 Å². The average molecular weight is 213 g/mol. The van der Waals surface area contributed by atoms with E-state index in [9.17, 15) is 0 Å². The molecule has 0 aromatic heterocycles. The molecule has 0 amide bonds. The van der Waals surface area contributed by atoms with Crippen molar-refractivity contribution in [2.45, 2.75) is 65.1 Å². The molecule has 1 heterocycles. The van der Waals surface area contributed by atoms with Gasteiger partial charge in [-0.2, -0.15) is 0 Å². The Hall–Kier alpha value is -0.0800. The first-order chi connectivity index (χ1) is 7.10. The number of hydrogen-bond acceptors (Lipinski definition) is 2. The van der Waals surface area contributed by atoms with Gasteiger partial charge in [-0.15, -0.1) is 0 Å². The number of hydrogen-bond donors (Lipinski definition) is 0. The molecule has 2 heteroatoms. The first-order valence-electron chi connectivity index (χ1n) is 6.50. The van der Waals surface area contributed by atoms with Gasteiger partial charge in [0.15, 0.2) is 0 Å². The van der Waals surface area contributed by atoms with E-state index in [4.69, 9.17) is 4.74 Å². The highest BCUT2D eigenvalue weighted by Gasteiger charge is 2.48. The molecule has 0 aromatic rings. The van der Waals surface area contributed by atoms with Gasteiger partial charge in [-0.05, 0) is 39.8 Å². The molecule has 0 bridgehead atoms. The van der Waals surface area contributed by atoms with Crippen molar-refractivity contribution < 1.29 is 4.74 Å². The van der Waals surface area contributed by atoms with Crippen LogP contribution in [0.25, 0.3) is 0 Å². The van der Waals surface area contributed by atoms with Gasteiger partial charge in [0.2, 0.25) is 0 Å². The second-order valence-corrected chi connectivity index (χ2v) is 5.22. The molecule has 0 unspecified atom stereocenters. The molecule has 2 nitrogen and oxygen atoms in total. The molecule has 0 spiro atoms. The van der Waals surface area contributed by atoms with Crippen LogP contribution < -0.4 is 0 Å². The van der Waals surface area contributed by atoms with Crippen molar-refractivity contribution in [1.82, 2.24) is 4.90 Å². The Morgan fingerprint density at radius 3 is 1.87 bits per heavy atom. The SMILES string of the molecule is CCCCN(CCCC)C[C@@H]1OC1(C)C. The maximum absolute atomic E-state index is 5.65. The smallest absolute Gasteiger partial charge is 0.0994 e. The van der Waals surface area contributed by atoms with E-state index in [2.05, 4.69) is 32.6 Å². The molecule has 0 N–H and O–H groups in total. The molecule has 0 aromatic carbocycles. The fraction of sp³-hybridized carbons (Fsp3) is 1.00. The summed E-state index contributed by atoms with van der Waals surface area (Å²) in [4.78, 5) is 2.58. The molecule has 1 fully saturated rings. The summed E-state index contributed by atoms with van der Waals surface area (Å²) in [6, 6.07) is 0. The minimum atomic E-state index is 0.149. The van der Waals surface area contributed by atoms with Crippen molar-refractivity contribution in [2.75, 3.05) is 19.6 Å². The van der Waals surface area contributed by atoms with Gasteiger partial charge in [0.1, 0.15) is 0 Å². The van der Waals surface area contributed by atoms with Gasteiger partial charge in [0, 0.05) is 6.54 Å². The van der Waals surface area contributed by atoms with Crippen LogP contribution in [-0.2, 0) is 4.74 Å². The second kappa shape index (κ2) is 5.86. The van der Waals surface area contributed by atoms with E-state index in [1.54, 1.807) is 0 Å². The standard InChI is InChI=1S/C13H27NO/c1-5-7-9-14(10-8-6-2)11-12-13(3,4)15-12/h12H,5-11H2,1-4H3/t12-/m0/s1. The molecular formula is C13H27NO. The van der Waals surface area contributed by atoms with Gasteiger partial charge >= 0.3 is 0 Å². The summed E-state index contributed by atoms with van der Waals surface area (Å²) in [5, 5.41) is 0. The van der Waals surface area contributed by atoms with Crippen molar-refractivity contribution in [3.8, 4) is 0 Å². The molecule has 1 saturated heterocycles. The Balaban J connectivity index is 2.22. The van der Waals surface area contributed by atoms with Gasteiger partial charge in [-0.3, -0.25) is 0 Å². The minimum Gasteiger partial charge on any atom is -0.365 e. The number of epoxide rings is 1. The summed E-state index contributed by atoms with van der Waals surface area (Å²) in [5.41, 5.74) is 0.149. The number of unbranched alkanes of at least 4 members (excludes halogenated alkanes) is 2. The quantitative estimate of drug-likeness (QED) is 0.576. The summed E-state index contributed by atoms with van der Waals surface area (Å²) in [7, 11) is 0. The van der Waals surface area contributed by atoms with Crippen LogP contribution in [0.5, 0.6) is 0 Å². The first kappa shape index (κ1) is 13.0. The predicted molar refractivity (Wildman–Crippen MR) is 65.2 cm³/mol. The Kier molecular flexibility index (Phi) is 5.07. The van der Waals surface area contributed by atoms with Gasteiger partial charge in [0.25, 0.3) is 0 Å². The van der Waals surface area contributed by atoms with Gasteiger partial charge in [0.05, 0.1) is 11.7 Å². The van der Waals surface area contributed by atoms with Crippen LogP contribution >= 0.6 is 0 Å². The van der Waals surface area contributed by atoms with Crippen LogP contribution in [0.15, 0.2) is 0 Å². The largest absolute Gasteiger partial charge is 0.365 e. The first-order valence-corrected chi connectivity index (χ1v) is 6.50. The van der Waals surface area contributed by atoms with Gasteiger partial charge in [-0.25, -0.2) is 0 Å². The third-order valence-corrected chi connectivity index (χ3v) is 3.24. The highest BCUT2D eigenvalue weighted by Crippen LogP contribution is 2.35. The van der Waals surface area contributed by atoms with E-state index in [1.165, 1.54) is 38.8 Å². The summed E-state index contributed by atoms with van der Waals surface area (Å²) < 4.78 is 5.65. The minimum absolute atomic E-state index is 0.149. The van der Waals surface area contributed by atoms with Crippen LogP contribution in [0, 0.1) is 0 Å². The van der Waals surface area contributed by atoms with E-state index in [-0.39, 0.29) is 5.60 Å². The predicted octanol–water partition coefficient (Wildman–Crippen LogP) is 3.07. The zero-order valence-electron chi connectivity index (χ0n) is 10.9. The summed E-state index contributed by atoms with van der Waals surface area (Å²) in [6.07, 6.45) is 5.69. The maximum Gasteiger partial charge on any atom is 0.0994 e. The van der Waals surface area contributed by atoms with E-state index in [0.717, 1.165) is 6.54 Å². The van der Waals surface area contributed by atoms with Crippen LogP contribution in [0.3, 0.4) is 0 Å². The Morgan fingerprint density at radius 1 is 1.07 bits per heavy atom. The van der Waals surface area contributed by atoms with Gasteiger partial charge < -0.3 is 9.64 Å². The molecule has 1 aliphatic heterocycles. The number of nitrogens with zero attached hydrogens (tertiary/aromatic N) is 1. The normalized spacial score (nSPS) is 23.4. The van der Waals surface area contributed by atoms with Crippen molar-refractivity contribution in [2.24, 2.45) is 0 Å². The molecule has 0 radical (unpaired) electrons. The zero-order valence-corrected chi connectivity index (χ0v) is 10.9. The summed E-state index contributed by atoms with van der Waals surface area (Å²) in [6.45, 7) is 12.5. The molecule has 0 saturated carbocycles. The van der Waals surface area contributed by atoms with E-state index in [0.29, 0.717) is 6.10 Å². The maximum atomic E-state index is 5.65. The molecule has 1 aliphatic rings. The highest BCUT2D eigenvalue weighted by atomic mass is 16.6. The molecule has 1 rings (SSSR count). The third kappa shape index (κ3) is 4.52. The molecular weight excluding hydrogens is 186 g/mol. The summed E-state index contributed by atoms with van der Waals surface area (Å²) in [5.74, 6) is 0. The molecule has 15 heavy (non-hydrogen) atoms. The van der Waals surface area contributed by atoms with E-state index in [1.807, 2.05) is 0 Å². The lowest BCUT2D eigenvalue weighted by Crippen LogP contribution is -2.31. The van der Waals surface area contributed by atoms with Crippen molar-refractivity contribution in [3.05, 3.63) is 0 Å². The molecule has 0 aliphatic carbocycles. The monoisotopic (exact) mass is 213 g/mol. The Labute approximate surface area is 95.0 Å². The van der Waals surface area contributed by atoms with E-state index < -0.39 is 0 Å². The lowest BCUT2D eigenvalue weighted by Gasteiger charge is -2.21. The van der Waals surface area contributed by atoms with Crippen LogP contribution in [0.2, 0.25) is 0 Å². The van der Waals surface area contributed by atoms with Crippen LogP contribution in [-0.4, -0.2) is 36.2 Å². The second-order valence-electron chi connectivity index (χ2n) is 5.22. The lowest BCUT2D eigenvalue weighted by molar-refractivity contribution is 0.232. The molecule has 90 valence electrons. The topological polar surface area (TPSA) is 15.8 Å². The number of ether oxygens (including phenoxy) is 1. The third-order valence-electron chi connectivity index (χ3n) is 3.24. The Bertz CT molecular complexity index is 171. The van der Waals surface area contributed by atoms with Crippen molar-refractivity contribution >= 4 is 0 Å². The van der Waals surface area contributed by atoms with Crippen molar-refractivity contribution in [3.63, 3.8) is 0 Å². The Morgan fingerprint density at radius 2 is 1.53 bits per heavy atom. The van der Waals surface area contributed by atoms with Crippen LogP contribution in [0.1, 0.15) is 53.4 Å². The number of rotatable bonds is 8. The lowest BCUT2D eigenvalue weighted by atomic mass is 10.1. The zero-order chi connectivity index (χ0) is 11.3. The average Bonchev–Trinajstić information content (AvgIpc) is 2.78. The fourth-order valence-electron chi connectivity index (χ4n) is 1.88. The van der Waals surface area contributed by atoms with Gasteiger partial charge in [-0.1, -0.05) is 26.7 Å².